The number of benzene rings is 2. The summed E-state index contributed by atoms with van der Waals surface area (Å²) in [5, 5.41) is 0.0175. The first-order chi connectivity index (χ1) is 13.8. The number of aromatic nitrogens is 1. The van der Waals surface area contributed by atoms with Crippen LogP contribution >= 0.6 is 11.8 Å². The van der Waals surface area contributed by atoms with Crippen molar-refractivity contribution in [1.82, 2.24) is 9.88 Å². The van der Waals surface area contributed by atoms with E-state index < -0.39 is 11.6 Å². The summed E-state index contributed by atoms with van der Waals surface area (Å²) in [6, 6.07) is 11.9. The smallest absolute Gasteiger partial charge is 0.406 e. The van der Waals surface area contributed by atoms with E-state index in [0.717, 1.165) is 16.2 Å². The lowest BCUT2D eigenvalue weighted by Gasteiger charge is -2.29. The van der Waals surface area contributed by atoms with Crippen LogP contribution in [0.15, 0.2) is 47.4 Å². The number of amides is 1. The average molecular weight is 420 g/mol. The number of alkyl halides is 3. The second-order valence-corrected chi connectivity index (χ2v) is 7.82. The van der Waals surface area contributed by atoms with E-state index in [1.807, 2.05) is 38.1 Å². The zero-order chi connectivity index (χ0) is 20.8. The number of fused-ring (bicyclic) bond motifs is 5. The van der Waals surface area contributed by atoms with Crippen molar-refractivity contribution in [1.29, 1.82) is 0 Å². The summed E-state index contributed by atoms with van der Waals surface area (Å²) < 4.78 is 42.2. The molecule has 8 heteroatoms. The van der Waals surface area contributed by atoms with Gasteiger partial charge in [-0.3, -0.25) is 4.79 Å². The fraction of sp³-hybridized carbons (Fsp3) is 0.286. The summed E-state index contributed by atoms with van der Waals surface area (Å²) in [7, 11) is 0. The maximum Gasteiger partial charge on any atom is 0.573 e. The molecule has 2 heterocycles. The Bertz CT molecular complexity index is 1070. The van der Waals surface area contributed by atoms with Gasteiger partial charge >= 0.3 is 6.36 Å². The average Bonchev–Trinajstić information content (AvgIpc) is 3.06. The van der Waals surface area contributed by atoms with E-state index in [-0.39, 0.29) is 11.7 Å². The Balaban J connectivity index is 1.91. The number of ether oxygens (including phenoxy) is 1. The molecule has 0 saturated carbocycles. The highest BCUT2D eigenvalue weighted by atomic mass is 32.2. The Kier molecular flexibility index (Phi) is 4.98. The van der Waals surface area contributed by atoms with Gasteiger partial charge in [0.1, 0.15) is 11.0 Å². The Hall–Kier alpha value is -2.61. The molecule has 0 bridgehead atoms. The summed E-state index contributed by atoms with van der Waals surface area (Å²) in [5.74, 6) is -0.358. The van der Waals surface area contributed by atoms with Crippen LogP contribution < -0.4 is 4.74 Å². The molecule has 3 aromatic rings. The minimum atomic E-state index is -4.78. The Morgan fingerprint density at radius 2 is 1.90 bits per heavy atom. The fourth-order valence-corrected chi connectivity index (χ4v) is 5.03. The van der Waals surface area contributed by atoms with Crippen LogP contribution in [0, 0.1) is 0 Å². The summed E-state index contributed by atoms with van der Waals surface area (Å²) in [5.41, 5.74) is 3.07. The lowest BCUT2D eigenvalue weighted by Crippen LogP contribution is -2.34. The second-order valence-electron chi connectivity index (χ2n) is 6.67. The van der Waals surface area contributed by atoms with Gasteiger partial charge in [-0.25, -0.2) is 0 Å². The van der Waals surface area contributed by atoms with Crippen LogP contribution in [-0.4, -0.2) is 35.2 Å². The molecule has 0 radical (unpaired) electrons. The third-order valence-corrected chi connectivity index (χ3v) is 6.29. The SMILES string of the molecule is CCN(CC)C(=O)C1Sc2ccccc2-c2[nH]c3ccc(OC(F)(F)F)cc3c21. The molecular formula is C21H19F3N2O2S. The number of aromatic amines is 1. The van der Waals surface area contributed by atoms with Gasteiger partial charge in [-0.05, 0) is 38.1 Å². The van der Waals surface area contributed by atoms with Crippen LogP contribution in [0.1, 0.15) is 24.7 Å². The first kappa shape index (κ1) is 19.7. The molecule has 1 N–H and O–H groups in total. The largest absolute Gasteiger partial charge is 0.573 e. The molecule has 4 rings (SSSR count). The molecule has 1 aliphatic heterocycles. The van der Waals surface area contributed by atoms with Crippen molar-refractivity contribution in [3.63, 3.8) is 0 Å². The summed E-state index contributed by atoms with van der Waals surface area (Å²) in [4.78, 5) is 19.3. The van der Waals surface area contributed by atoms with Crippen LogP contribution in [-0.2, 0) is 4.79 Å². The van der Waals surface area contributed by atoms with Gasteiger partial charge in [-0.2, -0.15) is 0 Å². The van der Waals surface area contributed by atoms with Crippen molar-refractivity contribution in [3.8, 4) is 17.0 Å². The van der Waals surface area contributed by atoms with Crippen molar-refractivity contribution in [3.05, 3.63) is 48.0 Å². The van der Waals surface area contributed by atoms with Gasteiger partial charge in [0.05, 0.1) is 5.69 Å². The quantitative estimate of drug-likeness (QED) is 0.585. The Labute approximate surface area is 170 Å². The van der Waals surface area contributed by atoms with E-state index in [9.17, 15) is 18.0 Å². The van der Waals surface area contributed by atoms with E-state index in [0.29, 0.717) is 29.6 Å². The number of rotatable bonds is 4. The number of thioether (sulfide) groups is 1. The van der Waals surface area contributed by atoms with E-state index in [4.69, 9.17) is 0 Å². The predicted octanol–water partition coefficient (Wildman–Crippen LogP) is 5.75. The number of hydrogen-bond donors (Lipinski definition) is 1. The molecule has 0 fully saturated rings. The van der Waals surface area contributed by atoms with Crippen LogP contribution in [0.25, 0.3) is 22.2 Å². The number of H-pyrrole nitrogens is 1. The van der Waals surface area contributed by atoms with E-state index in [1.54, 1.807) is 11.0 Å². The minimum Gasteiger partial charge on any atom is -0.406 e. The van der Waals surface area contributed by atoms with Crippen LogP contribution in [0.3, 0.4) is 0 Å². The first-order valence-electron chi connectivity index (χ1n) is 9.28. The maximum atomic E-state index is 13.3. The second kappa shape index (κ2) is 7.33. The van der Waals surface area contributed by atoms with Gasteiger partial charge in [0.25, 0.3) is 0 Å². The van der Waals surface area contributed by atoms with Gasteiger partial charge in [-0.15, -0.1) is 24.9 Å². The Morgan fingerprint density at radius 1 is 1.17 bits per heavy atom. The molecule has 0 aliphatic carbocycles. The minimum absolute atomic E-state index is 0.0567. The van der Waals surface area contributed by atoms with Crippen molar-refractivity contribution < 1.29 is 22.7 Å². The molecule has 1 unspecified atom stereocenters. The highest BCUT2D eigenvalue weighted by Crippen LogP contribution is 2.52. The van der Waals surface area contributed by atoms with Crippen molar-refractivity contribution in [2.45, 2.75) is 30.4 Å². The highest BCUT2D eigenvalue weighted by Gasteiger charge is 2.36. The monoisotopic (exact) mass is 420 g/mol. The maximum absolute atomic E-state index is 13.3. The third-order valence-electron chi connectivity index (χ3n) is 5.01. The van der Waals surface area contributed by atoms with Gasteiger partial charge in [0, 0.05) is 40.0 Å². The summed E-state index contributed by atoms with van der Waals surface area (Å²) in [6.45, 7) is 4.95. The molecule has 1 aliphatic rings. The van der Waals surface area contributed by atoms with E-state index in [1.165, 1.54) is 23.9 Å². The van der Waals surface area contributed by atoms with Crippen molar-refractivity contribution >= 4 is 28.6 Å². The molecular weight excluding hydrogens is 401 g/mol. The van der Waals surface area contributed by atoms with E-state index in [2.05, 4.69) is 9.72 Å². The molecule has 0 saturated heterocycles. The number of likely N-dealkylation sites (N-methyl/N-ethyl adjacent to an activating group) is 1. The van der Waals surface area contributed by atoms with Gasteiger partial charge in [0.2, 0.25) is 5.91 Å². The lowest BCUT2D eigenvalue weighted by atomic mass is 10.0. The molecule has 1 amide bonds. The molecule has 29 heavy (non-hydrogen) atoms. The number of halogens is 3. The Morgan fingerprint density at radius 3 is 2.59 bits per heavy atom. The normalized spacial score (nSPS) is 15.7. The predicted molar refractivity (Wildman–Crippen MR) is 107 cm³/mol. The number of carbonyl (C=O) groups excluding carboxylic acids is 1. The van der Waals surface area contributed by atoms with Crippen LogP contribution in [0.5, 0.6) is 5.75 Å². The van der Waals surface area contributed by atoms with E-state index >= 15 is 0 Å². The molecule has 152 valence electrons. The molecule has 1 atom stereocenters. The van der Waals surface area contributed by atoms with Crippen LogP contribution in [0.4, 0.5) is 13.2 Å². The summed E-state index contributed by atoms with van der Waals surface area (Å²) in [6.07, 6.45) is -4.78. The fourth-order valence-electron chi connectivity index (χ4n) is 3.71. The zero-order valence-electron chi connectivity index (χ0n) is 15.8. The van der Waals surface area contributed by atoms with Crippen molar-refractivity contribution in [2.24, 2.45) is 0 Å². The number of hydrogen-bond acceptors (Lipinski definition) is 3. The third kappa shape index (κ3) is 3.57. The standard InChI is InChI=1S/C21H19F3N2O2S/c1-3-26(4-2)20(27)19-17-14-11-12(28-21(22,23)24)9-10-15(14)25-18(17)13-7-5-6-8-16(13)29-19/h5-11,19,25H,3-4H2,1-2H3. The summed E-state index contributed by atoms with van der Waals surface area (Å²) >= 11 is 1.43. The lowest BCUT2D eigenvalue weighted by molar-refractivity contribution is -0.274. The van der Waals surface area contributed by atoms with Crippen LogP contribution in [0.2, 0.25) is 0 Å². The van der Waals surface area contributed by atoms with Gasteiger partial charge < -0.3 is 14.6 Å². The topological polar surface area (TPSA) is 45.3 Å². The van der Waals surface area contributed by atoms with Gasteiger partial charge in [-0.1, -0.05) is 18.2 Å². The number of nitrogens with zero attached hydrogens (tertiary/aromatic N) is 1. The number of carbonyl (C=O) groups is 1. The van der Waals surface area contributed by atoms with Crippen molar-refractivity contribution in [2.75, 3.05) is 13.1 Å². The highest BCUT2D eigenvalue weighted by molar-refractivity contribution is 8.00. The molecule has 1 aromatic heterocycles. The zero-order valence-corrected chi connectivity index (χ0v) is 16.7. The molecule has 0 spiro atoms. The first-order valence-corrected chi connectivity index (χ1v) is 10.2. The van der Waals surface area contributed by atoms with Gasteiger partial charge in [0.15, 0.2) is 0 Å². The number of nitrogens with one attached hydrogen (secondary N) is 1. The molecule has 2 aromatic carbocycles. The molecule has 4 nitrogen and oxygen atoms in total.